The molecule has 124 valence electrons. The molecule has 0 bridgehead atoms. The molecule has 0 saturated carbocycles. The van der Waals surface area contributed by atoms with Gasteiger partial charge >= 0.3 is 0 Å². The van der Waals surface area contributed by atoms with Gasteiger partial charge in [0.1, 0.15) is 5.75 Å². The van der Waals surface area contributed by atoms with Crippen molar-refractivity contribution in [2.45, 2.75) is 26.7 Å². The molecule has 0 spiro atoms. The largest absolute Gasteiger partial charge is 0.493 e. The van der Waals surface area contributed by atoms with Crippen LogP contribution in [0.1, 0.15) is 31.7 Å². The van der Waals surface area contributed by atoms with Gasteiger partial charge in [0.25, 0.3) is 0 Å². The van der Waals surface area contributed by atoms with E-state index in [1.165, 1.54) is 0 Å². The molecule has 0 aliphatic carbocycles. The second-order valence-corrected chi connectivity index (χ2v) is 5.77. The Kier molecular flexibility index (Phi) is 5.05. The predicted octanol–water partition coefficient (Wildman–Crippen LogP) is 4.33. The minimum atomic E-state index is 0.493. The van der Waals surface area contributed by atoms with Gasteiger partial charge in [-0.15, -0.1) is 0 Å². The number of H-pyrrole nitrogens is 1. The van der Waals surface area contributed by atoms with Crippen LogP contribution >= 0.6 is 12.2 Å². The number of ether oxygens (including phenoxy) is 1. The summed E-state index contributed by atoms with van der Waals surface area (Å²) in [6.45, 7) is 4.68. The quantitative estimate of drug-likeness (QED) is 0.537. The molecule has 3 aromatic rings. The van der Waals surface area contributed by atoms with Crippen LogP contribution in [0.2, 0.25) is 0 Å². The molecule has 0 saturated heterocycles. The van der Waals surface area contributed by atoms with Crippen molar-refractivity contribution in [1.29, 1.82) is 0 Å². The summed E-state index contributed by atoms with van der Waals surface area (Å²) in [7, 11) is 0. The normalized spacial score (nSPS) is 11.4. The Hall–Kier alpha value is -2.47. The first-order chi connectivity index (χ1) is 11.7. The number of rotatable bonds is 6. The Morgan fingerprint density at radius 2 is 2.08 bits per heavy atom. The average Bonchev–Trinajstić information content (AvgIpc) is 2.94. The molecule has 0 atom stereocenters. The molecular weight excluding hydrogens is 320 g/mol. The smallest absolute Gasteiger partial charge is 0.216 e. The molecule has 0 unspecified atom stereocenters. The third-order valence-corrected chi connectivity index (χ3v) is 3.99. The molecule has 2 aromatic carbocycles. The zero-order chi connectivity index (χ0) is 16.9. The van der Waals surface area contributed by atoms with Gasteiger partial charge in [-0.3, -0.25) is 5.10 Å². The molecule has 0 aliphatic heterocycles. The first-order valence-electron chi connectivity index (χ1n) is 8.09. The number of aryl methyl sites for hydroxylation is 1. The fourth-order valence-corrected chi connectivity index (χ4v) is 2.83. The molecule has 1 N–H and O–H groups in total. The maximum Gasteiger partial charge on any atom is 0.216 e. The predicted molar refractivity (Wildman–Crippen MR) is 99.5 cm³/mol. The van der Waals surface area contributed by atoms with Crippen LogP contribution in [0.25, 0.3) is 10.8 Å². The van der Waals surface area contributed by atoms with E-state index in [4.69, 9.17) is 17.0 Å². The van der Waals surface area contributed by atoms with Gasteiger partial charge in [0.05, 0.1) is 12.8 Å². The molecule has 0 aliphatic rings. The summed E-state index contributed by atoms with van der Waals surface area (Å²) in [4.78, 5) is 0. The molecule has 24 heavy (non-hydrogen) atoms. The lowest BCUT2D eigenvalue weighted by Gasteiger charge is -2.10. The Morgan fingerprint density at radius 3 is 2.88 bits per heavy atom. The number of aromatic amines is 1. The molecule has 6 heteroatoms. The summed E-state index contributed by atoms with van der Waals surface area (Å²) < 4.78 is 7.94. The van der Waals surface area contributed by atoms with Crippen LogP contribution in [0, 0.1) is 4.77 Å². The van der Waals surface area contributed by atoms with Crippen LogP contribution in [-0.4, -0.2) is 27.7 Å². The Balaban J connectivity index is 2.10. The van der Waals surface area contributed by atoms with Crippen LogP contribution in [0.5, 0.6) is 5.75 Å². The van der Waals surface area contributed by atoms with Crippen molar-refractivity contribution in [1.82, 2.24) is 14.9 Å². The number of nitrogens with one attached hydrogen (secondary N) is 1. The first kappa shape index (κ1) is 16.4. The minimum Gasteiger partial charge on any atom is -0.493 e. The van der Waals surface area contributed by atoms with Crippen molar-refractivity contribution < 1.29 is 4.74 Å². The number of hydrogen-bond acceptors (Lipinski definition) is 4. The highest BCUT2D eigenvalue weighted by Crippen LogP contribution is 2.26. The lowest BCUT2D eigenvalue weighted by Crippen LogP contribution is -2.01. The van der Waals surface area contributed by atoms with Crippen LogP contribution in [0.4, 0.5) is 0 Å². The van der Waals surface area contributed by atoms with Crippen molar-refractivity contribution in [3.05, 3.63) is 52.6 Å². The first-order valence-corrected chi connectivity index (χ1v) is 8.50. The lowest BCUT2D eigenvalue weighted by molar-refractivity contribution is 0.340. The Bertz CT molecular complexity index is 926. The van der Waals surface area contributed by atoms with E-state index in [0.717, 1.165) is 40.8 Å². The summed E-state index contributed by atoms with van der Waals surface area (Å²) in [6, 6.07) is 12.2. The summed E-state index contributed by atoms with van der Waals surface area (Å²) in [5, 5.41) is 13.8. The molecule has 0 radical (unpaired) electrons. The Morgan fingerprint density at radius 1 is 1.25 bits per heavy atom. The maximum atomic E-state index is 5.77. The Labute approximate surface area is 146 Å². The van der Waals surface area contributed by atoms with Gasteiger partial charge in [0.2, 0.25) is 4.77 Å². The fraction of sp³-hybridized carbons (Fsp3) is 0.278. The van der Waals surface area contributed by atoms with E-state index in [0.29, 0.717) is 11.4 Å². The van der Waals surface area contributed by atoms with E-state index in [1.807, 2.05) is 25.1 Å². The van der Waals surface area contributed by atoms with Crippen molar-refractivity contribution in [3.8, 4) is 5.75 Å². The van der Waals surface area contributed by atoms with Crippen molar-refractivity contribution >= 4 is 29.2 Å². The van der Waals surface area contributed by atoms with E-state index in [2.05, 4.69) is 40.4 Å². The van der Waals surface area contributed by atoms with Crippen LogP contribution < -0.4 is 4.74 Å². The molecule has 0 amide bonds. The van der Waals surface area contributed by atoms with E-state index in [1.54, 1.807) is 10.9 Å². The van der Waals surface area contributed by atoms with Gasteiger partial charge in [-0.1, -0.05) is 37.3 Å². The molecular formula is C18H20N4OS. The van der Waals surface area contributed by atoms with Crippen molar-refractivity contribution in [2.75, 3.05) is 6.61 Å². The second kappa shape index (κ2) is 7.40. The second-order valence-electron chi connectivity index (χ2n) is 5.38. The van der Waals surface area contributed by atoms with Gasteiger partial charge in [0, 0.05) is 12.0 Å². The van der Waals surface area contributed by atoms with Gasteiger partial charge < -0.3 is 4.74 Å². The molecule has 3 rings (SSSR count). The monoisotopic (exact) mass is 340 g/mol. The average molecular weight is 340 g/mol. The number of nitrogens with zero attached hydrogens (tertiary/aromatic N) is 3. The lowest BCUT2D eigenvalue weighted by atomic mass is 10.0. The van der Waals surface area contributed by atoms with E-state index in [9.17, 15) is 0 Å². The molecule has 0 fully saturated rings. The standard InChI is InChI=1S/C18H20N4OS/c1-3-7-17-20-21-18(24)22(17)19-12-15-14-9-6-5-8-13(14)10-11-16(15)23-4-2/h5-6,8-12H,3-4,7H2,1-2H3,(H,21,24)/b19-12-. The highest BCUT2D eigenvalue weighted by Gasteiger charge is 2.08. The molecule has 5 nitrogen and oxygen atoms in total. The zero-order valence-electron chi connectivity index (χ0n) is 13.8. The number of fused-ring (bicyclic) bond motifs is 1. The van der Waals surface area contributed by atoms with Crippen molar-refractivity contribution in [2.24, 2.45) is 5.10 Å². The van der Waals surface area contributed by atoms with Crippen LogP contribution in [-0.2, 0) is 6.42 Å². The van der Waals surface area contributed by atoms with Gasteiger partial charge in [-0.05, 0) is 42.4 Å². The van der Waals surface area contributed by atoms with E-state index >= 15 is 0 Å². The highest BCUT2D eigenvalue weighted by molar-refractivity contribution is 7.71. The third kappa shape index (κ3) is 3.23. The number of aromatic nitrogens is 3. The van der Waals surface area contributed by atoms with E-state index in [-0.39, 0.29) is 0 Å². The molecule has 1 heterocycles. The summed E-state index contributed by atoms with van der Waals surface area (Å²) in [5.74, 6) is 1.64. The fourth-order valence-electron chi connectivity index (χ4n) is 2.63. The zero-order valence-corrected chi connectivity index (χ0v) is 14.6. The summed E-state index contributed by atoms with van der Waals surface area (Å²) in [5.41, 5.74) is 0.945. The summed E-state index contributed by atoms with van der Waals surface area (Å²) >= 11 is 5.28. The van der Waals surface area contributed by atoms with Gasteiger partial charge in [0.15, 0.2) is 5.82 Å². The van der Waals surface area contributed by atoms with Gasteiger partial charge in [-0.2, -0.15) is 14.9 Å². The van der Waals surface area contributed by atoms with Crippen LogP contribution in [0.15, 0.2) is 41.5 Å². The topological polar surface area (TPSA) is 55.2 Å². The SMILES string of the molecule is CCCc1n[nH]c(=S)n1/N=C\c1c(OCC)ccc2ccccc12. The third-order valence-electron chi connectivity index (χ3n) is 3.72. The highest BCUT2D eigenvalue weighted by atomic mass is 32.1. The maximum absolute atomic E-state index is 5.77. The molecule has 1 aromatic heterocycles. The van der Waals surface area contributed by atoms with Crippen LogP contribution in [0.3, 0.4) is 0 Å². The van der Waals surface area contributed by atoms with Crippen molar-refractivity contribution in [3.63, 3.8) is 0 Å². The summed E-state index contributed by atoms with van der Waals surface area (Å²) in [6.07, 6.45) is 3.60. The van der Waals surface area contributed by atoms with Gasteiger partial charge in [-0.25, -0.2) is 0 Å². The number of benzene rings is 2. The minimum absolute atomic E-state index is 0.493. The number of hydrogen-bond donors (Lipinski definition) is 1. The van der Waals surface area contributed by atoms with E-state index < -0.39 is 0 Å².